The number of aromatic nitrogens is 3. The van der Waals surface area contributed by atoms with Gasteiger partial charge in [-0.1, -0.05) is 11.3 Å². The molecule has 2 aliphatic rings. The number of fused-ring (bicyclic) bond motifs is 3. The van der Waals surface area contributed by atoms with Crippen molar-refractivity contribution in [2.45, 2.75) is 25.2 Å². The van der Waals surface area contributed by atoms with Gasteiger partial charge >= 0.3 is 0 Å². The van der Waals surface area contributed by atoms with E-state index < -0.39 is 5.91 Å². The van der Waals surface area contributed by atoms with Crippen LogP contribution in [0.4, 0.5) is 0 Å². The number of benzene rings is 1. The normalized spacial score (nSPS) is 23.2. The maximum atomic E-state index is 12.7. The molecule has 1 saturated heterocycles. The molecule has 8 nitrogen and oxygen atoms in total. The molecule has 2 atom stereocenters. The van der Waals surface area contributed by atoms with E-state index in [0.29, 0.717) is 26.1 Å². The third-order valence-electron chi connectivity index (χ3n) is 4.45. The SMILES string of the molecule is O=C(c1c(O)cccc1O)N1CCC2OCc3cnnn3C2C1. The predicted octanol–water partition coefficient (Wildman–Crippen LogP) is 0.675. The summed E-state index contributed by atoms with van der Waals surface area (Å²) in [6.07, 6.45) is 2.32. The molecular formula is C15H16N4O4. The third kappa shape index (κ3) is 2.22. The minimum absolute atomic E-state index is 0.00813. The molecular weight excluding hydrogens is 300 g/mol. The quantitative estimate of drug-likeness (QED) is 0.802. The molecule has 0 radical (unpaired) electrons. The van der Waals surface area contributed by atoms with Gasteiger partial charge in [0.05, 0.1) is 30.6 Å². The summed E-state index contributed by atoms with van der Waals surface area (Å²) in [5.41, 5.74) is 0.812. The zero-order valence-corrected chi connectivity index (χ0v) is 12.3. The average molecular weight is 316 g/mol. The van der Waals surface area contributed by atoms with Gasteiger partial charge < -0.3 is 19.8 Å². The third-order valence-corrected chi connectivity index (χ3v) is 4.45. The van der Waals surface area contributed by atoms with E-state index in [9.17, 15) is 15.0 Å². The first-order valence-corrected chi connectivity index (χ1v) is 7.46. The Labute approximate surface area is 131 Å². The molecule has 1 fully saturated rings. The fourth-order valence-corrected chi connectivity index (χ4v) is 3.27. The standard InChI is InChI=1S/C15H16N4O4/c20-11-2-1-3-12(21)14(11)15(22)18-5-4-13-10(7-18)19-9(8-23-13)6-16-17-19/h1-3,6,10,13,20-21H,4-5,7-8H2. The van der Waals surface area contributed by atoms with E-state index in [0.717, 1.165) is 5.69 Å². The Balaban J connectivity index is 1.62. The van der Waals surface area contributed by atoms with Gasteiger partial charge in [-0.25, -0.2) is 4.68 Å². The number of phenols is 2. The molecule has 4 rings (SSSR count). The summed E-state index contributed by atoms with van der Waals surface area (Å²) in [5, 5.41) is 27.8. The lowest BCUT2D eigenvalue weighted by Crippen LogP contribution is -2.49. The zero-order valence-electron chi connectivity index (χ0n) is 12.3. The number of amides is 1. The van der Waals surface area contributed by atoms with Crippen LogP contribution >= 0.6 is 0 Å². The summed E-state index contributed by atoms with van der Waals surface area (Å²) in [6, 6.07) is 4.16. The van der Waals surface area contributed by atoms with Crippen LogP contribution in [0.5, 0.6) is 11.5 Å². The first-order valence-electron chi connectivity index (χ1n) is 7.46. The van der Waals surface area contributed by atoms with E-state index in [1.54, 1.807) is 15.8 Å². The number of likely N-dealkylation sites (tertiary alicyclic amines) is 1. The van der Waals surface area contributed by atoms with Gasteiger partial charge in [-0.3, -0.25) is 4.79 Å². The fourth-order valence-electron chi connectivity index (χ4n) is 3.27. The number of aromatic hydroxyl groups is 2. The van der Waals surface area contributed by atoms with E-state index in [1.165, 1.54) is 18.2 Å². The van der Waals surface area contributed by atoms with Crippen molar-refractivity contribution in [2.24, 2.45) is 0 Å². The smallest absolute Gasteiger partial charge is 0.261 e. The molecule has 0 spiro atoms. The first-order chi connectivity index (χ1) is 11.1. The predicted molar refractivity (Wildman–Crippen MR) is 77.9 cm³/mol. The molecule has 1 amide bonds. The van der Waals surface area contributed by atoms with Gasteiger partial charge in [-0.05, 0) is 18.6 Å². The van der Waals surface area contributed by atoms with Crippen molar-refractivity contribution in [3.8, 4) is 11.5 Å². The van der Waals surface area contributed by atoms with Crippen molar-refractivity contribution in [3.05, 3.63) is 35.7 Å². The Morgan fingerprint density at radius 2 is 2.09 bits per heavy atom. The number of nitrogens with zero attached hydrogens (tertiary/aromatic N) is 4. The molecule has 1 aromatic carbocycles. The maximum Gasteiger partial charge on any atom is 0.261 e. The highest BCUT2D eigenvalue weighted by molar-refractivity contribution is 5.99. The summed E-state index contributed by atoms with van der Waals surface area (Å²) in [6.45, 7) is 1.37. The van der Waals surface area contributed by atoms with Gasteiger partial charge in [-0.15, -0.1) is 5.10 Å². The summed E-state index contributed by atoms with van der Waals surface area (Å²) in [7, 11) is 0. The van der Waals surface area contributed by atoms with Crippen molar-refractivity contribution in [1.82, 2.24) is 19.9 Å². The van der Waals surface area contributed by atoms with Crippen LogP contribution in [-0.4, -0.2) is 55.2 Å². The molecule has 120 valence electrons. The molecule has 2 aliphatic heterocycles. The Kier molecular flexibility index (Phi) is 3.19. The summed E-state index contributed by atoms with van der Waals surface area (Å²) in [4.78, 5) is 14.3. The molecule has 23 heavy (non-hydrogen) atoms. The number of piperidine rings is 1. The molecule has 3 heterocycles. The van der Waals surface area contributed by atoms with Crippen LogP contribution < -0.4 is 0 Å². The van der Waals surface area contributed by atoms with Crippen LogP contribution in [0.15, 0.2) is 24.4 Å². The highest BCUT2D eigenvalue weighted by atomic mass is 16.5. The minimum atomic E-state index is -0.397. The Morgan fingerprint density at radius 1 is 1.30 bits per heavy atom. The Hall–Kier alpha value is -2.61. The lowest BCUT2D eigenvalue weighted by atomic mass is 9.99. The van der Waals surface area contributed by atoms with Crippen molar-refractivity contribution in [3.63, 3.8) is 0 Å². The number of ether oxygens (including phenoxy) is 1. The average Bonchev–Trinajstić information content (AvgIpc) is 3.03. The van der Waals surface area contributed by atoms with Crippen LogP contribution in [0.2, 0.25) is 0 Å². The van der Waals surface area contributed by atoms with E-state index in [1.807, 2.05) is 0 Å². The lowest BCUT2D eigenvalue weighted by molar-refractivity contribution is -0.0605. The summed E-state index contributed by atoms with van der Waals surface area (Å²) in [5.74, 6) is -0.844. The van der Waals surface area contributed by atoms with E-state index in [2.05, 4.69) is 10.3 Å². The monoisotopic (exact) mass is 316 g/mol. The molecule has 8 heteroatoms. The molecule has 0 aliphatic carbocycles. The van der Waals surface area contributed by atoms with Crippen LogP contribution in [0.1, 0.15) is 28.5 Å². The van der Waals surface area contributed by atoms with Crippen molar-refractivity contribution in [1.29, 1.82) is 0 Å². The second kappa shape index (κ2) is 5.24. The van der Waals surface area contributed by atoms with E-state index in [-0.39, 0.29) is 29.2 Å². The van der Waals surface area contributed by atoms with Gasteiger partial charge in [-0.2, -0.15) is 0 Å². The number of carbonyl (C=O) groups excluding carboxylic acids is 1. The number of hydrogen-bond donors (Lipinski definition) is 2. The second-order valence-corrected chi connectivity index (χ2v) is 5.80. The molecule has 0 saturated carbocycles. The second-order valence-electron chi connectivity index (χ2n) is 5.80. The van der Waals surface area contributed by atoms with Crippen LogP contribution in [0, 0.1) is 0 Å². The number of carbonyl (C=O) groups is 1. The molecule has 1 aromatic heterocycles. The van der Waals surface area contributed by atoms with Gasteiger partial charge in [0.1, 0.15) is 17.1 Å². The van der Waals surface area contributed by atoms with Crippen molar-refractivity contribution in [2.75, 3.05) is 13.1 Å². The van der Waals surface area contributed by atoms with Crippen LogP contribution in [0.3, 0.4) is 0 Å². The summed E-state index contributed by atoms with van der Waals surface area (Å²) < 4.78 is 7.61. The van der Waals surface area contributed by atoms with Crippen LogP contribution in [-0.2, 0) is 11.3 Å². The summed E-state index contributed by atoms with van der Waals surface area (Å²) >= 11 is 0. The number of phenolic OH excluding ortho intramolecular Hbond substituents is 2. The highest BCUT2D eigenvalue weighted by Crippen LogP contribution is 2.33. The molecule has 2 unspecified atom stereocenters. The largest absolute Gasteiger partial charge is 0.507 e. The molecule has 2 aromatic rings. The highest BCUT2D eigenvalue weighted by Gasteiger charge is 2.38. The Morgan fingerprint density at radius 3 is 2.87 bits per heavy atom. The minimum Gasteiger partial charge on any atom is -0.507 e. The van der Waals surface area contributed by atoms with Gasteiger partial charge in [0.15, 0.2) is 0 Å². The van der Waals surface area contributed by atoms with E-state index >= 15 is 0 Å². The fraction of sp³-hybridized carbons (Fsp3) is 0.400. The Bertz CT molecular complexity index is 739. The van der Waals surface area contributed by atoms with Crippen molar-refractivity contribution < 1.29 is 19.7 Å². The van der Waals surface area contributed by atoms with Gasteiger partial charge in [0.25, 0.3) is 5.91 Å². The van der Waals surface area contributed by atoms with E-state index in [4.69, 9.17) is 4.74 Å². The lowest BCUT2D eigenvalue weighted by Gasteiger charge is -2.41. The molecule has 2 N–H and O–H groups in total. The van der Waals surface area contributed by atoms with Gasteiger partial charge in [0, 0.05) is 13.1 Å². The first kappa shape index (κ1) is 14.0. The number of rotatable bonds is 1. The molecule has 0 bridgehead atoms. The number of hydrogen-bond acceptors (Lipinski definition) is 6. The topological polar surface area (TPSA) is 101 Å². The van der Waals surface area contributed by atoms with Crippen LogP contribution in [0.25, 0.3) is 0 Å². The zero-order chi connectivity index (χ0) is 16.0. The van der Waals surface area contributed by atoms with Crippen molar-refractivity contribution >= 4 is 5.91 Å². The van der Waals surface area contributed by atoms with Gasteiger partial charge in [0.2, 0.25) is 0 Å². The maximum absolute atomic E-state index is 12.7.